The number of likely N-dealkylation sites (tertiary alicyclic amines) is 1. The van der Waals surface area contributed by atoms with E-state index in [1.54, 1.807) is 4.90 Å². The minimum atomic E-state index is -1.18. The summed E-state index contributed by atoms with van der Waals surface area (Å²) in [6.07, 6.45) is 0.885. The van der Waals surface area contributed by atoms with Crippen LogP contribution in [0.3, 0.4) is 0 Å². The zero-order valence-corrected chi connectivity index (χ0v) is 15.5. The first kappa shape index (κ1) is 19.3. The van der Waals surface area contributed by atoms with E-state index in [0.29, 0.717) is 13.0 Å². The molecule has 28 heavy (non-hydrogen) atoms. The quantitative estimate of drug-likeness (QED) is 0.847. The molecule has 6 nitrogen and oxygen atoms in total. The number of carboxylic acids is 1. The second-order valence-corrected chi connectivity index (χ2v) is 7.99. The smallest absolute Gasteiger partial charge is 0.311 e. The third-order valence-corrected chi connectivity index (χ3v) is 6.62. The molecule has 3 saturated heterocycles. The van der Waals surface area contributed by atoms with Gasteiger partial charge in [-0.2, -0.15) is 0 Å². The lowest BCUT2D eigenvalue weighted by molar-refractivity contribution is -0.157. The lowest BCUT2D eigenvalue weighted by Crippen LogP contribution is -2.50. The van der Waals surface area contributed by atoms with Crippen LogP contribution in [-0.4, -0.2) is 61.4 Å². The summed E-state index contributed by atoms with van der Waals surface area (Å²) in [6, 6.07) is 3.27. The highest BCUT2D eigenvalue weighted by molar-refractivity contribution is 5.90. The summed E-state index contributed by atoms with van der Waals surface area (Å²) in [6.45, 7) is 1.55. The monoisotopic (exact) mass is 395 g/mol. The van der Waals surface area contributed by atoms with Crippen molar-refractivity contribution in [3.63, 3.8) is 0 Å². The van der Waals surface area contributed by atoms with Crippen LogP contribution >= 0.6 is 0 Å². The topological polar surface area (TPSA) is 76.1 Å². The van der Waals surface area contributed by atoms with Crippen LogP contribution in [0, 0.1) is 23.0 Å². The van der Waals surface area contributed by atoms with Gasteiger partial charge in [0.2, 0.25) is 5.91 Å². The molecule has 2 atom stereocenters. The first-order valence-corrected chi connectivity index (χ1v) is 9.53. The van der Waals surface area contributed by atoms with Gasteiger partial charge in [0.15, 0.2) is 0 Å². The van der Waals surface area contributed by atoms with Crippen molar-refractivity contribution in [1.29, 1.82) is 0 Å². The lowest BCUT2D eigenvalue weighted by atomic mass is 9.72. The fraction of sp³-hybridized carbons (Fsp3) is 0.600. The fourth-order valence-electron chi connectivity index (χ4n) is 4.95. The van der Waals surface area contributed by atoms with Crippen molar-refractivity contribution in [2.24, 2.45) is 11.3 Å². The number of fused-ring (bicyclic) bond motifs is 1. The van der Waals surface area contributed by atoms with Gasteiger partial charge in [0.1, 0.15) is 11.6 Å². The largest absolute Gasteiger partial charge is 0.481 e. The molecule has 1 amide bonds. The van der Waals surface area contributed by atoms with Crippen LogP contribution in [0.1, 0.15) is 24.8 Å². The van der Waals surface area contributed by atoms with E-state index in [1.165, 1.54) is 6.07 Å². The number of ether oxygens (including phenoxy) is 2. The van der Waals surface area contributed by atoms with Gasteiger partial charge >= 0.3 is 5.97 Å². The number of aliphatic carboxylic acids is 1. The minimum absolute atomic E-state index is 0.0839. The molecular weight excluding hydrogens is 372 g/mol. The number of amides is 1. The Morgan fingerprint density at radius 2 is 1.82 bits per heavy atom. The van der Waals surface area contributed by atoms with Crippen LogP contribution in [0.4, 0.5) is 8.78 Å². The Balaban J connectivity index is 1.70. The summed E-state index contributed by atoms with van der Waals surface area (Å²) < 4.78 is 38.9. The predicted octanol–water partition coefficient (Wildman–Crippen LogP) is 1.96. The Hall–Kier alpha value is -2.06. The van der Waals surface area contributed by atoms with Gasteiger partial charge in [-0.05, 0) is 25.3 Å². The van der Waals surface area contributed by atoms with Crippen LogP contribution in [0.25, 0.3) is 0 Å². The molecule has 3 heterocycles. The van der Waals surface area contributed by atoms with E-state index in [0.717, 1.165) is 12.1 Å². The molecule has 3 aliphatic heterocycles. The molecule has 1 N–H and O–H groups in total. The molecule has 0 aliphatic carbocycles. The second-order valence-electron chi connectivity index (χ2n) is 7.99. The maximum atomic E-state index is 14.7. The number of halogens is 2. The van der Waals surface area contributed by atoms with Gasteiger partial charge in [0.25, 0.3) is 0 Å². The van der Waals surface area contributed by atoms with Crippen LogP contribution in [0.5, 0.6) is 0 Å². The predicted molar refractivity (Wildman–Crippen MR) is 93.7 cm³/mol. The van der Waals surface area contributed by atoms with E-state index < -0.39 is 28.4 Å². The summed E-state index contributed by atoms with van der Waals surface area (Å²) in [5.74, 6) is -2.99. The van der Waals surface area contributed by atoms with Crippen molar-refractivity contribution in [3.8, 4) is 0 Å². The first-order chi connectivity index (χ1) is 13.4. The van der Waals surface area contributed by atoms with Crippen LogP contribution in [0.2, 0.25) is 0 Å². The van der Waals surface area contributed by atoms with Crippen LogP contribution in [-0.2, 0) is 24.5 Å². The zero-order valence-electron chi connectivity index (χ0n) is 15.5. The van der Waals surface area contributed by atoms with Crippen molar-refractivity contribution in [2.45, 2.75) is 24.7 Å². The Labute approximate surface area is 161 Å². The molecule has 0 radical (unpaired) electrons. The minimum Gasteiger partial charge on any atom is -0.481 e. The van der Waals surface area contributed by atoms with Crippen molar-refractivity contribution < 1.29 is 33.0 Å². The third kappa shape index (κ3) is 2.90. The van der Waals surface area contributed by atoms with E-state index in [-0.39, 0.29) is 63.1 Å². The average Bonchev–Trinajstić information content (AvgIpc) is 3.09. The maximum Gasteiger partial charge on any atom is 0.311 e. The Morgan fingerprint density at radius 3 is 2.46 bits per heavy atom. The number of carboxylic acid groups (broad SMARTS) is 1. The number of carbonyl (C=O) groups excluding carboxylic acids is 1. The summed E-state index contributed by atoms with van der Waals surface area (Å²) in [4.78, 5) is 27.2. The summed E-state index contributed by atoms with van der Waals surface area (Å²) in [5.41, 5.74) is -2.05. The third-order valence-electron chi connectivity index (χ3n) is 6.62. The Kier molecular flexibility index (Phi) is 4.87. The number of rotatable bonds is 3. The van der Waals surface area contributed by atoms with Gasteiger partial charge in [-0.15, -0.1) is 0 Å². The van der Waals surface area contributed by atoms with Crippen molar-refractivity contribution in [1.82, 2.24) is 4.90 Å². The number of nitrogens with zero attached hydrogens (tertiary/aromatic N) is 1. The molecular formula is C20H23F2NO5. The van der Waals surface area contributed by atoms with Crippen LogP contribution < -0.4 is 0 Å². The highest BCUT2D eigenvalue weighted by atomic mass is 19.1. The number of hydrogen-bond acceptors (Lipinski definition) is 4. The van der Waals surface area contributed by atoms with Crippen molar-refractivity contribution in [2.75, 3.05) is 39.5 Å². The summed E-state index contributed by atoms with van der Waals surface area (Å²) in [7, 11) is 0. The SMILES string of the molecule is O=C(N1C[C@H]2COCC[C@@]2(C(=O)O)C1)C1(c2ccc(F)cc2F)CCOCC1. The molecule has 0 unspecified atom stereocenters. The Morgan fingerprint density at radius 1 is 1.11 bits per heavy atom. The number of carbonyl (C=O) groups is 2. The molecule has 1 aromatic rings. The molecule has 0 aromatic heterocycles. The van der Waals surface area contributed by atoms with Crippen LogP contribution in [0.15, 0.2) is 18.2 Å². The maximum absolute atomic E-state index is 14.7. The molecule has 8 heteroatoms. The number of hydrogen-bond donors (Lipinski definition) is 1. The standard InChI is InChI=1S/C20H23F2NO5/c21-14-1-2-15(16(22)9-14)19(3-6-27-7-4-19)17(24)23-10-13-11-28-8-5-20(13,12-23)18(25)26/h1-2,9,13H,3-8,10-12H2,(H,25,26)/t13-,20+/m0/s1. The molecule has 1 aromatic carbocycles. The Bertz CT molecular complexity index is 795. The summed E-state index contributed by atoms with van der Waals surface area (Å²) >= 11 is 0. The summed E-state index contributed by atoms with van der Waals surface area (Å²) in [5, 5.41) is 9.85. The highest BCUT2D eigenvalue weighted by Gasteiger charge is 2.57. The van der Waals surface area contributed by atoms with Crippen molar-refractivity contribution >= 4 is 11.9 Å². The average molecular weight is 395 g/mol. The van der Waals surface area contributed by atoms with Gasteiger partial charge < -0.3 is 19.5 Å². The van der Waals surface area contributed by atoms with Gasteiger partial charge in [-0.3, -0.25) is 9.59 Å². The molecule has 0 spiro atoms. The molecule has 152 valence electrons. The fourth-order valence-corrected chi connectivity index (χ4v) is 4.95. The molecule has 0 bridgehead atoms. The van der Waals surface area contributed by atoms with E-state index >= 15 is 0 Å². The second kappa shape index (κ2) is 7.08. The van der Waals surface area contributed by atoms with Gasteiger partial charge in [0.05, 0.1) is 17.4 Å². The van der Waals surface area contributed by atoms with Gasteiger partial charge in [-0.25, -0.2) is 8.78 Å². The highest BCUT2D eigenvalue weighted by Crippen LogP contribution is 2.46. The first-order valence-electron chi connectivity index (χ1n) is 9.53. The molecule has 3 aliphatic rings. The molecule has 4 rings (SSSR count). The number of benzene rings is 1. The van der Waals surface area contributed by atoms with E-state index in [2.05, 4.69) is 0 Å². The van der Waals surface area contributed by atoms with Gasteiger partial charge in [-0.1, -0.05) is 6.07 Å². The van der Waals surface area contributed by atoms with E-state index in [9.17, 15) is 23.5 Å². The lowest BCUT2D eigenvalue weighted by Gasteiger charge is -2.39. The van der Waals surface area contributed by atoms with E-state index in [1.807, 2.05) is 0 Å². The van der Waals surface area contributed by atoms with Crippen molar-refractivity contribution in [3.05, 3.63) is 35.4 Å². The molecule has 0 saturated carbocycles. The van der Waals surface area contributed by atoms with E-state index in [4.69, 9.17) is 9.47 Å². The van der Waals surface area contributed by atoms with Gasteiger partial charge in [0, 0.05) is 50.5 Å². The normalized spacial score (nSPS) is 29.4. The molecule has 3 fully saturated rings. The zero-order chi connectivity index (χ0) is 19.9.